The summed E-state index contributed by atoms with van der Waals surface area (Å²) in [6.07, 6.45) is 2.31. The van der Waals surface area contributed by atoms with E-state index in [0.29, 0.717) is 21.1 Å². The SMILES string of the molecule is CC(C1CC1)n1c(SCC(=O)O)nc2cc(Br)c(F)cc21. The van der Waals surface area contributed by atoms with Gasteiger partial charge in [0.25, 0.3) is 0 Å². The number of hydrogen-bond acceptors (Lipinski definition) is 3. The summed E-state index contributed by atoms with van der Waals surface area (Å²) < 4.78 is 16.2. The molecule has 1 aliphatic rings. The average Bonchev–Trinajstić information content (AvgIpc) is 3.20. The van der Waals surface area contributed by atoms with Gasteiger partial charge in [-0.2, -0.15) is 0 Å². The molecular weight excluding hydrogens is 359 g/mol. The minimum atomic E-state index is -0.884. The number of aliphatic carboxylic acids is 1. The van der Waals surface area contributed by atoms with Gasteiger partial charge in [-0.25, -0.2) is 9.37 Å². The van der Waals surface area contributed by atoms with Crippen LogP contribution in [0.2, 0.25) is 0 Å². The Kier molecular flexibility index (Phi) is 3.96. The molecule has 1 heterocycles. The molecule has 1 aromatic heterocycles. The quantitative estimate of drug-likeness (QED) is 0.803. The van der Waals surface area contributed by atoms with Crippen LogP contribution in [-0.2, 0) is 4.79 Å². The predicted molar refractivity (Wildman–Crippen MR) is 83.2 cm³/mol. The molecule has 0 aliphatic heterocycles. The Labute approximate surface area is 133 Å². The van der Waals surface area contributed by atoms with E-state index >= 15 is 0 Å². The fourth-order valence-electron chi connectivity index (χ4n) is 2.48. The number of carboxylic acids is 1. The first-order valence-corrected chi connectivity index (χ1v) is 8.47. The maximum absolute atomic E-state index is 13.8. The van der Waals surface area contributed by atoms with Crippen molar-refractivity contribution in [3.05, 3.63) is 22.4 Å². The van der Waals surface area contributed by atoms with Crippen LogP contribution in [0.15, 0.2) is 21.8 Å². The molecule has 1 aliphatic carbocycles. The summed E-state index contributed by atoms with van der Waals surface area (Å²) in [7, 11) is 0. The van der Waals surface area contributed by atoms with Gasteiger partial charge < -0.3 is 9.67 Å². The second-order valence-corrected chi connectivity index (χ2v) is 7.08. The van der Waals surface area contributed by atoms with Crippen LogP contribution < -0.4 is 0 Å². The Balaban J connectivity index is 2.10. The van der Waals surface area contributed by atoms with Gasteiger partial charge in [0.1, 0.15) is 5.82 Å². The first kappa shape index (κ1) is 14.8. The van der Waals surface area contributed by atoms with Gasteiger partial charge in [-0.05, 0) is 47.7 Å². The van der Waals surface area contributed by atoms with E-state index in [-0.39, 0.29) is 17.6 Å². The van der Waals surface area contributed by atoms with Crippen molar-refractivity contribution in [3.8, 4) is 0 Å². The van der Waals surface area contributed by atoms with Gasteiger partial charge in [-0.15, -0.1) is 0 Å². The van der Waals surface area contributed by atoms with Crippen molar-refractivity contribution in [2.24, 2.45) is 5.92 Å². The van der Waals surface area contributed by atoms with Crippen LogP contribution in [0.25, 0.3) is 11.0 Å². The van der Waals surface area contributed by atoms with E-state index in [2.05, 4.69) is 27.8 Å². The minimum Gasteiger partial charge on any atom is -0.481 e. The van der Waals surface area contributed by atoms with E-state index in [9.17, 15) is 9.18 Å². The molecule has 1 aromatic carbocycles. The van der Waals surface area contributed by atoms with Gasteiger partial charge in [0, 0.05) is 12.1 Å². The summed E-state index contributed by atoms with van der Waals surface area (Å²) in [4.78, 5) is 15.3. The van der Waals surface area contributed by atoms with Gasteiger partial charge in [0.2, 0.25) is 0 Å². The normalized spacial score (nSPS) is 16.3. The molecule has 1 atom stereocenters. The van der Waals surface area contributed by atoms with Crippen molar-refractivity contribution in [2.75, 3.05) is 5.75 Å². The largest absolute Gasteiger partial charge is 0.481 e. The van der Waals surface area contributed by atoms with Crippen molar-refractivity contribution in [2.45, 2.75) is 31.0 Å². The van der Waals surface area contributed by atoms with Crippen LogP contribution in [0.5, 0.6) is 0 Å². The summed E-state index contributed by atoms with van der Waals surface area (Å²) in [6, 6.07) is 3.31. The highest BCUT2D eigenvalue weighted by atomic mass is 79.9. The minimum absolute atomic E-state index is 0.0512. The fraction of sp³-hybridized carbons (Fsp3) is 0.429. The van der Waals surface area contributed by atoms with Gasteiger partial charge in [0.05, 0.1) is 21.3 Å². The van der Waals surface area contributed by atoms with Crippen LogP contribution in [0, 0.1) is 11.7 Å². The lowest BCUT2D eigenvalue weighted by molar-refractivity contribution is -0.133. The first-order chi connectivity index (χ1) is 9.97. The third-order valence-corrected chi connectivity index (χ3v) is 5.28. The zero-order valence-electron chi connectivity index (χ0n) is 11.3. The molecule has 21 heavy (non-hydrogen) atoms. The Morgan fingerprint density at radius 2 is 2.33 bits per heavy atom. The van der Waals surface area contributed by atoms with Crippen LogP contribution in [0.4, 0.5) is 4.39 Å². The number of carbonyl (C=O) groups is 1. The van der Waals surface area contributed by atoms with E-state index < -0.39 is 5.97 Å². The molecule has 0 radical (unpaired) electrons. The number of carboxylic acid groups (broad SMARTS) is 1. The van der Waals surface area contributed by atoms with Crippen molar-refractivity contribution < 1.29 is 14.3 Å². The monoisotopic (exact) mass is 372 g/mol. The van der Waals surface area contributed by atoms with E-state index in [0.717, 1.165) is 18.4 Å². The third kappa shape index (κ3) is 2.94. The molecule has 1 unspecified atom stereocenters. The molecule has 112 valence electrons. The molecule has 2 aromatic rings. The van der Waals surface area contributed by atoms with E-state index in [1.807, 2.05) is 4.57 Å². The van der Waals surface area contributed by atoms with Gasteiger partial charge >= 0.3 is 5.97 Å². The number of rotatable bonds is 5. The Morgan fingerprint density at radius 1 is 1.62 bits per heavy atom. The summed E-state index contributed by atoms with van der Waals surface area (Å²) >= 11 is 4.35. The number of thioether (sulfide) groups is 1. The van der Waals surface area contributed by atoms with Gasteiger partial charge in [0.15, 0.2) is 5.16 Å². The lowest BCUT2D eigenvalue weighted by atomic mass is 10.2. The van der Waals surface area contributed by atoms with Crippen LogP contribution >= 0.6 is 27.7 Å². The molecule has 1 fully saturated rings. The summed E-state index contributed by atoms with van der Waals surface area (Å²) in [5, 5.41) is 9.51. The Morgan fingerprint density at radius 3 is 2.95 bits per heavy atom. The molecule has 4 nitrogen and oxygen atoms in total. The van der Waals surface area contributed by atoms with E-state index in [4.69, 9.17) is 5.11 Å². The topological polar surface area (TPSA) is 55.1 Å². The summed E-state index contributed by atoms with van der Waals surface area (Å²) in [5.41, 5.74) is 1.41. The number of fused-ring (bicyclic) bond motifs is 1. The standard InChI is InChI=1S/C14H14BrFN2O2S/c1-7(8-2-3-8)18-12-5-10(16)9(15)4-11(12)17-14(18)21-6-13(19)20/h4-5,7-8H,2-3,6H2,1H3,(H,19,20). The molecule has 7 heteroatoms. The molecule has 0 amide bonds. The Hall–Kier alpha value is -1.08. The lowest BCUT2D eigenvalue weighted by Gasteiger charge is -2.16. The second-order valence-electron chi connectivity index (χ2n) is 5.28. The molecular formula is C14H14BrFN2O2S. The number of aromatic nitrogens is 2. The number of halogens is 2. The highest BCUT2D eigenvalue weighted by Gasteiger charge is 2.32. The molecule has 3 rings (SSSR count). The second kappa shape index (κ2) is 5.61. The third-order valence-electron chi connectivity index (χ3n) is 3.74. The molecule has 1 N–H and O–H groups in total. The van der Waals surface area contributed by atoms with Crippen molar-refractivity contribution >= 4 is 44.7 Å². The summed E-state index contributed by atoms with van der Waals surface area (Å²) in [5.74, 6) is -0.700. The maximum atomic E-state index is 13.8. The van der Waals surface area contributed by atoms with Crippen molar-refractivity contribution in [1.29, 1.82) is 0 Å². The highest BCUT2D eigenvalue weighted by molar-refractivity contribution is 9.10. The average molecular weight is 373 g/mol. The smallest absolute Gasteiger partial charge is 0.313 e. The number of imidazole rings is 1. The molecule has 1 saturated carbocycles. The Bertz CT molecular complexity index is 715. The number of benzene rings is 1. The van der Waals surface area contributed by atoms with E-state index in [1.54, 1.807) is 6.07 Å². The van der Waals surface area contributed by atoms with Crippen LogP contribution in [0.1, 0.15) is 25.8 Å². The van der Waals surface area contributed by atoms with Crippen molar-refractivity contribution in [1.82, 2.24) is 9.55 Å². The van der Waals surface area contributed by atoms with Crippen LogP contribution in [0.3, 0.4) is 0 Å². The first-order valence-electron chi connectivity index (χ1n) is 6.69. The fourth-order valence-corrected chi connectivity index (χ4v) is 3.63. The number of nitrogens with zero attached hydrogens (tertiary/aromatic N) is 2. The van der Waals surface area contributed by atoms with Gasteiger partial charge in [-0.1, -0.05) is 11.8 Å². The zero-order chi connectivity index (χ0) is 15.1. The molecule has 0 saturated heterocycles. The van der Waals surface area contributed by atoms with Crippen molar-refractivity contribution in [3.63, 3.8) is 0 Å². The summed E-state index contributed by atoms with van der Waals surface area (Å²) in [6.45, 7) is 2.09. The molecule has 0 spiro atoms. The highest BCUT2D eigenvalue weighted by Crippen LogP contribution is 2.43. The van der Waals surface area contributed by atoms with E-state index in [1.165, 1.54) is 17.8 Å². The molecule has 0 bridgehead atoms. The lowest BCUT2D eigenvalue weighted by Crippen LogP contribution is -2.09. The van der Waals surface area contributed by atoms with Gasteiger partial charge in [-0.3, -0.25) is 4.79 Å². The van der Waals surface area contributed by atoms with Crippen LogP contribution in [-0.4, -0.2) is 26.4 Å². The maximum Gasteiger partial charge on any atom is 0.313 e. The zero-order valence-corrected chi connectivity index (χ0v) is 13.7. The predicted octanol–water partition coefficient (Wildman–Crippen LogP) is 4.09. The number of hydrogen-bond donors (Lipinski definition) is 1.